The van der Waals surface area contributed by atoms with E-state index in [0.717, 1.165) is 4.90 Å². The largest absolute Gasteiger partial charge is 0.143 e. The molecule has 0 aliphatic heterocycles. The highest BCUT2D eigenvalue weighted by molar-refractivity contribution is 7.80. The molecule has 0 atom stereocenters. The zero-order valence-corrected chi connectivity index (χ0v) is 21.9. The molecule has 0 nitrogen and oxygen atoms in total. The minimum absolute atomic E-state index is 1.02. The van der Waals surface area contributed by atoms with Gasteiger partial charge in [-0.2, -0.15) is 0 Å². The third-order valence-electron chi connectivity index (χ3n) is 3.97. The molecular weight excluding hydrogens is 368 g/mol. The van der Waals surface area contributed by atoms with Gasteiger partial charge in [0.1, 0.15) is 0 Å². The third-order valence-corrected chi connectivity index (χ3v) is 4.36. The van der Waals surface area contributed by atoms with Gasteiger partial charge in [-0.1, -0.05) is 148 Å². The van der Waals surface area contributed by atoms with Gasteiger partial charge in [-0.3, -0.25) is 0 Å². The van der Waals surface area contributed by atoms with Crippen LogP contribution in [0.25, 0.3) is 11.1 Å². The SMILES string of the molecule is CC.CC.CCCC.CCCCCCC.Cc1ccc(-c2ccccc2S)cc1. The lowest BCUT2D eigenvalue weighted by Crippen LogP contribution is -1.79. The van der Waals surface area contributed by atoms with Gasteiger partial charge in [0, 0.05) is 4.90 Å². The Morgan fingerprint density at radius 1 is 0.586 bits per heavy atom. The topological polar surface area (TPSA) is 0 Å². The van der Waals surface area contributed by atoms with E-state index in [1.165, 1.54) is 61.6 Å². The van der Waals surface area contributed by atoms with Crippen molar-refractivity contribution in [3.8, 4) is 11.1 Å². The molecule has 0 radical (unpaired) electrons. The highest BCUT2D eigenvalue weighted by atomic mass is 32.1. The van der Waals surface area contributed by atoms with Crippen LogP contribution in [0.1, 0.15) is 106 Å². The Bertz CT molecular complexity index is 522. The van der Waals surface area contributed by atoms with Crippen LogP contribution in [0.3, 0.4) is 0 Å². The van der Waals surface area contributed by atoms with Crippen molar-refractivity contribution in [2.45, 2.75) is 112 Å². The standard InChI is InChI=1S/C13H12S.C7H16.C4H10.2C2H6/c1-10-6-8-11(9-7-10)12-4-2-3-5-13(12)14;1-3-5-7-6-4-2;1-3-4-2;2*1-2/h2-9,14H,1H3;3-7H2,1-2H3;3-4H2,1-2H3;2*1-2H3. The first-order valence-electron chi connectivity index (χ1n) is 12.0. The summed E-state index contributed by atoms with van der Waals surface area (Å²) in [5.74, 6) is 0. The van der Waals surface area contributed by atoms with Gasteiger partial charge in [-0.05, 0) is 24.1 Å². The van der Waals surface area contributed by atoms with Crippen molar-refractivity contribution in [1.82, 2.24) is 0 Å². The first kappa shape index (κ1) is 32.5. The molecule has 1 heteroatoms. The number of hydrogen-bond donors (Lipinski definition) is 1. The molecule has 168 valence electrons. The molecule has 0 amide bonds. The van der Waals surface area contributed by atoms with Gasteiger partial charge in [0.2, 0.25) is 0 Å². The van der Waals surface area contributed by atoms with Crippen LogP contribution in [0, 0.1) is 6.92 Å². The van der Waals surface area contributed by atoms with Crippen LogP contribution in [0.5, 0.6) is 0 Å². The van der Waals surface area contributed by atoms with E-state index in [9.17, 15) is 0 Å². The van der Waals surface area contributed by atoms with Crippen molar-refractivity contribution in [2.24, 2.45) is 0 Å². The van der Waals surface area contributed by atoms with Crippen molar-refractivity contribution in [3.63, 3.8) is 0 Å². The lowest BCUT2D eigenvalue weighted by atomic mass is 10.0. The molecule has 0 aliphatic rings. The number of thiol groups is 1. The number of benzene rings is 2. The summed E-state index contributed by atoms with van der Waals surface area (Å²) in [6.45, 7) is 18.9. The van der Waals surface area contributed by atoms with E-state index in [0.29, 0.717) is 0 Å². The van der Waals surface area contributed by atoms with Crippen molar-refractivity contribution < 1.29 is 0 Å². The second-order valence-electron chi connectivity index (χ2n) is 6.44. The Morgan fingerprint density at radius 2 is 1.03 bits per heavy atom. The molecule has 0 fully saturated rings. The molecule has 0 unspecified atom stereocenters. The maximum atomic E-state index is 4.44. The summed E-state index contributed by atoms with van der Waals surface area (Å²) in [5.41, 5.74) is 3.70. The molecule has 0 saturated heterocycles. The maximum absolute atomic E-state index is 4.44. The third kappa shape index (κ3) is 19.9. The van der Waals surface area contributed by atoms with Gasteiger partial charge in [0.25, 0.3) is 0 Å². The summed E-state index contributed by atoms with van der Waals surface area (Å²) in [5, 5.41) is 0. The Morgan fingerprint density at radius 3 is 1.41 bits per heavy atom. The fourth-order valence-corrected chi connectivity index (χ4v) is 2.42. The fourth-order valence-electron chi connectivity index (χ4n) is 2.13. The summed E-state index contributed by atoms with van der Waals surface area (Å²) >= 11 is 4.44. The minimum atomic E-state index is 1.02. The summed E-state index contributed by atoms with van der Waals surface area (Å²) in [4.78, 5) is 1.02. The second kappa shape index (κ2) is 26.8. The van der Waals surface area contributed by atoms with Gasteiger partial charge >= 0.3 is 0 Å². The van der Waals surface area contributed by atoms with Crippen LogP contribution < -0.4 is 0 Å². The molecule has 0 spiro atoms. The average molecular weight is 419 g/mol. The Hall–Kier alpha value is -1.21. The summed E-state index contributed by atoms with van der Waals surface area (Å²) in [7, 11) is 0. The lowest BCUT2D eigenvalue weighted by Gasteiger charge is -2.04. The molecule has 0 N–H and O–H groups in total. The quantitative estimate of drug-likeness (QED) is 0.350. The van der Waals surface area contributed by atoms with Crippen LogP contribution in [0.2, 0.25) is 0 Å². The Kier molecular flexibility index (Phi) is 30.0. The molecule has 0 aromatic heterocycles. The van der Waals surface area contributed by atoms with Crippen molar-refractivity contribution in [1.29, 1.82) is 0 Å². The van der Waals surface area contributed by atoms with Crippen LogP contribution in [-0.4, -0.2) is 0 Å². The first-order chi connectivity index (χ1) is 14.1. The van der Waals surface area contributed by atoms with E-state index >= 15 is 0 Å². The minimum Gasteiger partial charge on any atom is -0.143 e. The first-order valence-corrected chi connectivity index (χ1v) is 12.4. The zero-order valence-electron chi connectivity index (χ0n) is 21.0. The molecule has 2 rings (SSSR count). The Balaban J connectivity index is -0.000000381. The lowest BCUT2D eigenvalue weighted by molar-refractivity contribution is 0.656. The summed E-state index contributed by atoms with van der Waals surface area (Å²) < 4.78 is 0. The predicted octanol–water partition coefficient (Wildman–Crippen LogP) is 10.8. The average Bonchev–Trinajstić information content (AvgIpc) is 2.79. The van der Waals surface area contributed by atoms with Crippen LogP contribution in [-0.2, 0) is 0 Å². The normalized spacial score (nSPS) is 8.62. The summed E-state index contributed by atoms with van der Waals surface area (Å²) in [6, 6.07) is 16.6. The van der Waals surface area contributed by atoms with E-state index < -0.39 is 0 Å². The van der Waals surface area contributed by atoms with Gasteiger partial charge in [-0.15, -0.1) is 12.6 Å². The maximum Gasteiger partial charge on any atom is 0.0119 e. The van der Waals surface area contributed by atoms with E-state index in [1.807, 2.05) is 45.9 Å². The van der Waals surface area contributed by atoms with Crippen LogP contribution in [0.4, 0.5) is 0 Å². The van der Waals surface area contributed by atoms with E-state index in [4.69, 9.17) is 0 Å². The molecule has 2 aromatic carbocycles. The zero-order chi connectivity index (χ0) is 22.9. The molecule has 2 aromatic rings. The molecule has 0 bridgehead atoms. The van der Waals surface area contributed by atoms with Crippen molar-refractivity contribution in [3.05, 3.63) is 54.1 Å². The smallest absolute Gasteiger partial charge is 0.0119 e. The van der Waals surface area contributed by atoms with Crippen molar-refractivity contribution in [2.75, 3.05) is 0 Å². The van der Waals surface area contributed by atoms with Gasteiger partial charge in [0.15, 0.2) is 0 Å². The molecular formula is C28H50S. The number of hydrogen-bond acceptors (Lipinski definition) is 1. The van der Waals surface area contributed by atoms with Crippen LogP contribution in [0.15, 0.2) is 53.4 Å². The number of rotatable bonds is 6. The summed E-state index contributed by atoms with van der Waals surface area (Å²) in [6.07, 6.45) is 9.65. The highest BCUT2D eigenvalue weighted by Gasteiger charge is 1.99. The monoisotopic (exact) mass is 418 g/mol. The molecule has 29 heavy (non-hydrogen) atoms. The highest BCUT2D eigenvalue weighted by Crippen LogP contribution is 2.26. The van der Waals surface area contributed by atoms with Gasteiger partial charge in [0.05, 0.1) is 0 Å². The number of unbranched alkanes of at least 4 members (excludes halogenated alkanes) is 5. The van der Waals surface area contributed by atoms with Crippen LogP contribution >= 0.6 is 12.6 Å². The molecule has 0 aliphatic carbocycles. The van der Waals surface area contributed by atoms with E-state index in [2.05, 4.69) is 77.6 Å². The van der Waals surface area contributed by atoms with Gasteiger partial charge in [-0.25, -0.2) is 0 Å². The van der Waals surface area contributed by atoms with Crippen molar-refractivity contribution >= 4 is 12.6 Å². The molecule has 0 heterocycles. The van der Waals surface area contributed by atoms with E-state index in [1.54, 1.807) is 0 Å². The van der Waals surface area contributed by atoms with E-state index in [-0.39, 0.29) is 0 Å². The number of aryl methyl sites for hydroxylation is 1. The second-order valence-corrected chi connectivity index (χ2v) is 6.93. The molecule has 0 saturated carbocycles. The Labute approximate surface area is 190 Å². The van der Waals surface area contributed by atoms with Gasteiger partial charge < -0.3 is 0 Å². The fraction of sp³-hybridized carbons (Fsp3) is 0.571. The predicted molar refractivity (Wildman–Crippen MR) is 142 cm³/mol.